The quantitative estimate of drug-likeness (QED) is 0.860. The van der Waals surface area contributed by atoms with Gasteiger partial charge in [-0.1, -0.05) is 0 Å². The summed E-state index contributed by atoms with van der Waals surface area (Å²) in [7, 11) is 2.15. The molecule has 4 heterocycles. The lowest BCUT2D eigenvalue weighted by Gasteiger charge is -2.45. The summed E-state index contributed by atoms with van der Waals surface area (Å²) < 4.78 is 13.5. The maximum absolute atomic E-state index is 13.5. The number of benzene rings is 1. The monoisotopic (exact) mass is 391 g/mol. The molecule has 0 amide bonds. The molecule has 0 aliphatic carbocycles. The Morgan fingerprint density at radius 1 is 0.966 bits per heavy atom. The molecule has 5 rings (SSSR count). The van der Waals surface area contributed by atoms with Gasteiger partial charge in [0.05, 0.1) is 23.8 Å². The number of hydrogen-bond donors (Lipinski definition) is 1. The number of allylic oxidation sites excluding steroid dienone is 2. The fraction of sp³-hybridized carbons (Fsp3) is 0.238. The standard InChI is InChI=1S/C21H22FN7/c1-26-11-13-27(14-12-26)28-10-2-3-19-25-20(16-4-6-18(22)7-5-16)21(29(19)28)17-8-9-23-24-15-17/h2-10,15,25H,11-14H2,1H3. The molecule has 0 radical (unpaired) electrons. The lowest BCUT2D eigenvalue weighted by atomic mass is 10.1. The second-order valence-electron chi connectivity index (χ2n) is 7.27. The molecule has 1 fully saturated rings. The van der Waals surface area contributed by atoms with Crippen molar-refractivity contribution in [2.75, 3.05) is 33.2 Å². The van der Waals surface area contributed by atoms with Gasteiger partial charge >= 0.3 is 0 Å². The molecule has 1 aromatic heterocycles. The fourth-order valence-electron chi connectivity index (χ4n) is 3.81. The molecule has 148 valence electrons. The van der Waals surface area contributed by atoms with Crippen LogP contribution in [-0.2, 0) is 0 Å². The summed E-state index contributed by atoms with van der Waals surface area (Å²) in [4.78, 5) is 2.33. The van der Waals surface area contributed by atoms with Gasteiger partial charge in [0.1, 0.15) is 11.6 Å². The summed E-state index contributed by atoms with van der Waals surface area (Å²) in [6, 6.07) is 8.48. The predicted molar refractivity (Wildman–Crippen MR) is 108 cm³/mol. The van der Waals surface area contributed by atoms with Crippen molar-refractivity contribution in [1.82, 2.24) is 35.5 Å². The van der Waals surface area contributed by atoms with Crippen molar-refractivity contribution in [2.45, 2.75) is 0 Å². The van der Waals surface area contributed by atoms with Crippen LogP contribution in [0.25, 0.3) is 11.4 Å². The van der Waals surface area contributed by atoms with Crippen LogP contribution < -0.4 is 5.32 Å². The van der Waals surface area contributed by atoms with E-state index in [0.29, 0.717) is 0 Å². The SMILES string of the molecule is CN1CCN(N2C=CC=C3NC(c4ccc(F)cc4)=C(c4ccnnc4)N32)CC1. The second-order valence-corrected chi connectivity index (χ2v) is 7.27. The topological polar surface area (TPSA) is 50.8 Å². The van der Waals surface area contributed by atoms with Crippen LogP contribution in [0.2, 0.25) is 0 Å². The first-order chi connectivity index (χ1) is 14.2. The molecule has 3 aliphatic heterocycles. The molecule has 0 unspecified atom stereocenters. The molecule has 0 atom stereocenters. The molecule has 2 aromatic rings. The summed E-state index contributed by atoms with van der Waals surface area (Å²) in [5.41, 5.74) is 3.71. The predicted octanol–water partition coefficient (Wildman–Crippen LogP) is 2.09. The van der Waals surface area contributed by atoms with E-state index in [2.05, 4.69) is 48.8 Å². The molecular formula is C21H22FN7. The molecule has 0 bridgehead atoms. The van der Waals surface area contributed by atoms with Gasteiger partial charge in [-0.2, -0.15) is 15.2 Å². The summed E-state index contributed by atoms with van der Waals surface area (Å²) in [5.74, 6) is 0.690. The lowest BCUT2D eigenvalue weighted by molar-refractivity contribution is -0.114. The number of piperazine rings is 1. The number of nitrogens with one attached hydrogen (secondary N) is 1. The minimum absolute atomic E-state index is 0.253. The molecular weight excluding hydrogens is 369 g/mol. The Hall–Kier alpha value is -3.23. The van der Waals surface area contributed by atoms with E-state index >= 15 is 0 Å². The van der Waals surface area contributed by atoms with Crippen LogP contribution in [0.5, 0.6) is 0 Å². The molecule has 0 saturated carbocycles. The molecule has 3 aliphatic rings. The first kappa shape index (κ1) is 17.8. The van der Waals surface area contributed by atoms with Crippen LogP contribution in [0.1, 0.15) is 11.1 Å². The highest BCUT2D eigenvalue weighted by atomic mass is 19.1. The average molecular weight is 391 g/mol. The van der Waals surface area contributed by atoms with Gasteiger partial charge in [0.15, 0.2) is 0 Å². The number of fused-ring (bicyclic) bond motifs is 1. The number of likely N-dealkylation sites (N-methyl/N-ethyl adjacent to an activating group) is 1. The number of rotatable bonds is 3. The smallest absolute Gasteiger partial charge is 0.132 e. The molecule has 0 spiro atoms. The lowest BCUT2D eigenvalue weighted by Crippen LogP contribution is -2.56. The number of hydrazine groups is 2. The normalized spacial score (nSPS) is 20.0. The minimum atomic E-state index is -0.253. The van der Waals surface area contributed by atoms with E-state index in [4.69, 9.17) is 0 Å². The maximum Gasteiger partial charge on any atom is 0.132 e. The summed E-state index contributed by atoms with van der Waals surface area (Å²) in [6.45, 7) is 3.87. The Labute approximate surface area is 169 Å². The summed E-state index contributed by atoms with van der Waals surface area (Å²) in [6.07, 6.45) is 9.58. The van der Waals surface area contributed by atoms with E-state index in [0.717, 1.165) is 54.5 Å². The van der Waals surface area contributed by atoms with E-state index < -0.39 is 0 Å². The van der Waals surface area contributed by atoms with Crippen molar-refractivity contribution in [1.29, 1.82) is 0 Å². The molecule has 7 nitrogen and oxygen atoms in total. The van der Waals surface area contributed by atoms with Gasteiger partial charge in [-0.05, 0) is 49.5 Å². The molecule has 29 heavy (non-hydrogen) atoms. The third-order valence-electron chi connectivity index (χ3n) is 5.37. The largest absolute Gasteiger partial charge is 0.338 e. The van der Waals surface area contributed by atoms with Gasteiger partial charge in [0.2, 0.25) is 0 Å². The Bertz CT molecular complexity index is 976. The third kappa shape index (κ3) is 3.26. The van der Waals surface area contributed by atoms with Crippen molar-refractivity contribution < 1.29 is 4.39 Å². The maximum atomic E-state index is 13.5. The summed E-state index contributed by atoms with van der Waals surface area (Å²) >= 11 is 0. The molecule has 1 N–H and O–H groups in total. The van der Waals surface area contributed by atoms with Crippen molar-refractivity contribution >= 4 is 11.4 Å². The summed E-state index contributed by atoms with van der Waals surface area (Å²) in [5, 5.41) is 18.2. The minimum Gasteiger partial charge on any atom is -0.338 e. The first-order valence-corrected chi connectivity index (χ1v) is 9.66. The Kier molecular flexibility index (Phi) is 4.49. The van der Waals surface area contributed by atoms with Crippen molar-refractivity contribution in [3.8, 4) is 0 Å². The van der Waals surface area contributed by atoms with Crippen LogP contribution in [0.15, 0.2) is 66.9 Å². The van der Waals surface area contributed by atoms with E-state index in [-0.39, 0.29) is 5.82 Å². The highest BCUT2D eigenvalue weighted by Gasteiger charge is 2.36. The van der Waals surface area contributed by atoms with Gasteiger partial charge in [-0.3, -0.25) is 0 Å². The van der Waals surface area contributed by atoms with Crippen LogP contribution in [0.3, 0.4) is 0 Å². The van der Waals surface area contributed by atoms with E-state index in [9.17, 15) is 4.39 Å². The van der Waals surface area contributed by atoms with E-state index in [1.807, 2.05) is 18.2 Å². The van der Waals surface area contributed by atoms with Gasteiger partial charge in [-0.25, -0.2) is 14.5 Å². The second kappa shape index (κ2) is 7.31. The van der Waals surface area contributed by atoms with Crippen molar-refractivity contribution in [3.63, 3.8) is 0 Å². The number of hydrogen-bond acceptors (Lipinski definition) is 7. The zero-order valence-corrected chi connectivity index (χ0v) is 16.2. The van der Waals surface area contributed by atoms with Crippen LogP contribution in [0.4, 0.5) is 4.39 Å². The van der Waals surface area contributed by atoms with E-state index in [1.165, 1.54) is 12.1 Å². The first-order valence-electron chi connectivity index (χ1n) is 9.66. The van der Waals surface area contributed by atoms with E-state index in [1.54, 1.807) is 24.5 Å². The zero-order valence-electron chi connectivity index (χ0n) is 16.2. The average Bonchev–Trinajstić information content (AvgIpc) is 3.15. The van der Waals surface area contributed by atoms with Crippen LogP contribution in [0, 0.1) is 5.82 Å². The number of nitrogens with zero attached hydrogens (tertiary/aromatic N) is 6. The van der Waals surface area contributed by atoms with Crippen molar-refractivity contribution in [2.24, 2.45) is 0 Å². The van der Waals surface area contributed by atoms with Gasteiger partial charge < -0.3 is 10.2 Å². The molecule has 1 saturated heterocycles. The van der Waals surface area contributed by atoms with Crippen LogP contribution >= 0.6 is 0 Å². The number of halogens is 1. The third-order valence-corrected chi connectivity index (χ3v) is 5.37. The highest BCUT2D eigenvalue weighted by Crippen LogP contribution is 2.39. The molecule has 8 heteroatoms. The Morgan fingerprint density at radius 2 is 1.76 bits per heavy atom. The Morgan fingerprint density at radius 3 is 2.48 bits per heavy atom. The van der Waals surface area contributed by atoms with Crippen LogP contribution in [-0.4, -0.2) is 63.5 Å². The number of aromatic nitrogens is 2. The van der Waals surface area contributed by atoms with Crippen molar-refractivity contribution in [3.05, 3.63) is 83.8 Å². The fourth-order valence-corrected chi connectivity index (χ4v) is 3.81. The zero-order chi connectivity index (χ0) is 19.8. The van der Waals surface area contributed by atoms with Gasteiger partial charge in [0, 0.05) is 43.5 Å². The molecule has 1 aromatic carbocycles. The Balaban J connectivity index is 1.60. The van der Waals surface area contributed by atoms with Gasteiger partial charge in [-0.15, -0.1) is 0 Å². The van der Waals surface area contributed by atoms with Gasteiger partial charge in [0.25, 0.3) is 0 Å². The highest BCUT2D eigenvalue weighted by molar-refractivity contribution is 5.92.